The Labute approximate surface area is 171 Å². The molecule has 7 nitrogen and oxygen atoms in total. The van der Waals surface area contributed by atoms with Gasteiger partial charge in [-0.05, 0) is 43.0 Å². The second-order valence-electron chi connectivity index (χ2n) is 8.04. The SMILES string of the molecule is O=C1CCC(N2Cc3cc(CNC4CCNC(C(F)(F)F)C4)ccc3C2=O)C(=O)N1. The third-order valence-electron chi connectivity index (χ3n) is 5.98. The zero-order valence-corrected chi connectivity index (χ0v) is 16.2. The van der Waals surface area contributed by atoms with Crippen molar-refractivity contribution < 1.29 is 27.6 Å². The third kappa shape index (κ3) is 4.20. The molecule has 3 unspecified atom stereocenters. The van der Waals surface area contributed by atoms with Gasteiger partial charge in [-0.2, -0.15) is 13.2 Å². The maximum Gasteiger partial charge on any atom is 0.403 e. The molecule has 3 N–H and O–H groups in total. The number of hydrogen-bond acceptors (Lipinski definition) is 5. The fourth-order valence-electron chi connectivity index (χ4n) is 4.35. The first kappa shape index (κ1) is 20.8. The number of benzene rings is 1. The van der Waals surface area contributed by atoms with Crippen molar-refractivity contribution in [2.45, 2.75) is 63.1 Å². The lowest BCUT2D eigenvalue weighted by molar-refractivity contribution is -0.161. The number of imide groups is 1. The molecule has 1 aromatic carbocycles. The Morgan fingerprint density at radius 2 is 1.97 bits per heavy atom. The molecule has 3 aliphatic rings. The Morgan fingerprint density at radius 1 is 1.17 bits per heavy atom. The number of fused-ring (bicyclic) bond motifs is 1. The van der Waals surface area contributed by atoms with Crippen molar-refractivity contribution in [2.75, 3.05) is 6.54 Å². The second kappa shape index (κ2) is 7.99. The van der Waals surface area contributed by atoms with Gasteiger partial charge in [-0.3, -0.25) is 19.7 Å². The summed E-state index contributed by atoms with van der Waals surface area (Å²) in [5, 5.41) is 7.96. The van der Waals surface area contributed by atoms with E-state index in [2.05, 4.69) is 16.0 Å². The van der Waals surface area contributed by atoms with Gasteiger partial charge in [0.15, 0.2) is 0 Å². The van der Waals surface area contributed by atoms with Crippen LogP contribution in [-0.4, -0.2) is 53.5 Å². The smallest absolute Gasteiger partial charge is 0.322 e. The highest BCUT2D eigenvalue weighted by molar-refractivity contribution is 6.05. The van der Waals surface area contributed by atoms with Gasteiger partial charge in [0.2, 0.25) is 11.8 Å². The number of hydrogen-bond donors (Lipinski definition) is 3. The highest BCUT2D eigenvalue weighted by atomic mass is 19.4. The number of nitrogens with zero attached hydrogens (tertiary/aromatic N) is 1. The van der Waals surface area contributed by atoms with E-state index in [1.165, 1.54) is 4.90 Å². The Hall–Kier alpha value is -2.46. The monoisotopic (exact) mass is 424 g/mol. The lowest BCUT2D eigenvalue weighted by Gasteiger charge is -2.32. The molecule has 10 heteroatoms. The van der Waals surface area contributed by atoms with Crippen LogP contribution < -0.4 is 16.0 Å². The Kier molecular flexibility index (Phi) is 5.54. The molecule has 0 aromatic heterocycles. The molecule has 3 amide bonds. The molecule has 1 aromatic rings. The molecule has 30 heavy (non-hydrogen) atoms. The molecule has 0 radical (unpaired) electrons. The van der Waals surface area contributed by atoms with Gasteiger partial charge in [0.1, 0.15) is 12.1 Å². The van der Waals surface area contributed by atoms with Crippen molar-refractivity contribution >= 4 is 17.7 Å². The van der Waals surface area contributed by atoms with E-state index >= 15 is 0 Å². The van der Waals surface area contributed by atoms with Gasteiger partial charge in [-0.25, -0.2) is 0 Å². The molecule has 0 saturated carbocycles. The van der Waals surface area contributed by atoms with Gasteiger partial charge in [-0.1, -0.05) is 12.1 Å². The van der Waals surface area contributed by atoms with Crippen LogP contribution in [0.25, 0.3) is 0 Å². The first-order valence-electron chi connectivity index (χ1n) is 10.0. The number of halogens is 3. The van der Waals surface area contributed by atoms with Gasteiger partial charge in [0.05, 0.1) is 0 Å². The average Bonchev–Trinajstić information content (AvgIpc) is 3.02. The largest absolute Gasteiger partial charge is 0.403 e. The average molecular weight is 424 g/mol. The quantitative estimate of drug-likeness (QED) is 0.633. The highest BCUT2D eigenvalue weighted by Crippen LogP contribution is 2.29. The summed E-state index contributed by atoms with van der Waals surface area (Å²) in [6, 6.07) is 2.92. The molecule has 2 saturated heterocycles. The number of rotatable bonds is 4. The fourth-order valence-corrected chi connectivity index (χ4v) is 4.35. The maximum atomic E-state index is 12.9. The number of alkyl halides is 3. The summed E-state index contributed by atoms with van der Waals surface area (Å²) in [5.41, 5.74) is 2.17. The van der Waals surface area contributed by atoms with Gasteiger partial charge in [0, 0.05) is 31.1 Å². The van der Waals surface area contributed by atoms with E-state index in [-0.39, 0.29) is 37.2 Å². The molecule has 4 rings (SSSR count). The molecule has 162 valence electrons. The van der Waals surface area contributed by atoms with Crippen LogP contribution in [0, 0.1) is 0 Å². The topological polar surface area (TPSA) is 90.5 Å². The minimum absolute atomic E-state index is 0.0176. The summed E-state index contributed by atoms with van der Waals surface area (Å²) in [6.45, 7) is 0.981. The highest BCUT2D eigenvalue weighted by Gasteiger charge is 2.42. The van der Waals surface area contributed by atoms with Crippen LogP contribution in [-0.2, 0) is 22.7 Å². The Bertz CT molecular complexity index is 873. The van der Waals surface area contributed by atoms with E-state index in [9.17, 15) is 27.6 Å². The summed E-state index contributed by atoms with van der Waals surface area (Å²) in [6.07, 6.45) is -3.17. The van der Waals surface area contributed by atoms with Crippen molar-refractivity contribution in [2.24, 2.45) is 0 Å². The van der Waals surface area contributed by atoms with Crippen molar-refractivity contribution in [3.63, 3.8) is 0 Å². The Balaban J connectivity index is 1.38. The number of piperidine rings is 2. The molecule has 2 fully saturated rings. The molecular weight excluding hydrogens is 401 g/mol. The molecule has 3 heterocycles. The molecule has 0 aliphatic carbocycles. The third-order valence-corrected chi connectivity index (χ3v) is 5.98. The van der Waals surface area contributed by atoms with Crippen LogP contribution in [0.2, 0.25) is 0 Å². The molecule has 3 aliphatic heterocycles. The van der Waals surface area contributed by atoms with E-state index in [0.29, 0.717) is 31.5 Å². The molecular formula is C20H23F3N4O3. The fraction of sp³-hybridized carbons (Fsp3) is 0.550. The lowest BCUT2D eigenvalue weighted by atomic mass is 9.98. The van der Waals surface area contributed by atoms with Crippen molar-refractivity contribution in [1.29, 1.82) is 0 Å². The summed E-state index contributed by atoms with van der Waals surface area (Å²) in [4.78, 5) is 37.6. The van der Waals surface area contributed by atoms with Gasteiger partial charge < -0.3 is 15.5 Å². The zero-order valence-electron chi connectivity index (χ0n) is 16.2. The maximum absolute atomic E-state index is 12.9. The minimum atomic E-state index is -4.26. The van der Waals surface area contributed by atoms with Crippen LogP contribution in [0.15, 0.2) is 18.2 Å². The number of amides is 3. The molecule has 3 atom stereocenters. The number of carbonyl (C=O) groups excluding carboxylic acids is 3. The first-order valence-corrected chi connectivity index (χ1v) is 10.0. The van der Waals surface area contributed by atoms with Crippen LogP contribution in [0.4, 0.5) is 13.2 Å². The standard InChI is InChI=1S/C20H23F3N4O3/c21-20(22,23)16-8-13(5-6-24-16)25-9-11-1-2-14-12(7-11)10-27(19(14)30)15-3-4-17(28)26-18(15)29/h1-2,7,13,15-16,24-25H,3-6,8-10H2,(H,26,28,29). The zero-order chi connectivity index (χ0) is 21.5. The van der Waals surface area contributed by atoms with Crippen molar-refractivity contribution in [3.05, 3.63) is 34.9 Å². The first-order chi connectivity index (χ1) is 14.2. The predicted octanol–water partition coefficient (Wildman–Crippen LogP) is 1.22. The van der Waals surface area contributed by atoms with E-state index in [4.69, 9.17) is 0 Å². The summed E-state index contributed by atoms with van der Waals surface area (Å²) in [5.74, 6) is -1.04. The van der Waals surface area contributed by atoms with Crippen molar-refractivity contribution in [3.8, 4) is 0 Å². The van der Waals surface area contributed by atoms with Crippen molar-refractivity contribution in [1.82, 2.24) is 20.9 Å². The van der Waals surface area contributed by atoms with E-state index in [1.807, 2.05) is 6.07 Å². The van der Waals surface area contributed by atoms with E-state index in [1.54, 1.807) is 12.1 Å². The van der Waals surface area contributed by atoms with E-state index in [0.717, 1.165) is 11.1 Å². The summed E-state index contributed by atoms with van der Waals surface area (Å²) < 4.78 is 38.8. The summed E-state index contributed by atoms with van der Waals surface area (Å²) >= 11 is 0. The molecule has 0 bridgehead atoms. The van der Waals surface area contributed by atoms with Gasteiger partial charge >= 0.3 is 6.18 Å². The Morgan fingerprint density at radius 3 is 2.70 bits per heavy atom. The second-order valence-corrected chi connectivity index (χ2v) is 8.04. The number of carbonyl (C=O) groups is 3. The number of nitrogens with one attached hydrogen (secondary N) is 3. The lowest BCUT2D eigenvalue weighted by Crippen LogP contribution is -2.52. The minimum Gasteiger partial charge on any atom is -0.322 e. The van der Waals surface area contributed by atoms with E-state index < -0.39 is 24.2 Å². The van der Waals surface area contributed by atoms with Crippen LogP contribution in [0.1, 0.15) is 47.2 Å². The predicted molar refractivity (Wildman–Crippen MR) is 100 cm³/mol. The van der Waals surface area contributed by atoms with Crippen LogP contribution in [0.3, 0.4) is 0 Å². The summed E-state index contributed by atoms with van der Waals surface area (Å²) in [7, 11) is 0. The van der Waals surface area contributed by atoms with Gasteiger partial charge in [-0.15, -0.1) is 0 Å². The van der Waals surface area contributed by atoms with Crippen LogP contribution in [0.5, 0.6) is 0 Å². The van der Waals surface area contributed by atoms with Crippen LogP contribution >= 0.6 is 0 Å². The molecule has 0 spiro atoms. The normalized spacial score (nSPS) is 27.2. The van der Waals surface area contributed by atoms with Gasteiger partial charge in [0.25, 0.3) is 5.91 Å².